The number of anilines is 2. The summed E-state index contributed by atoms with van der Waals surface area (Å²) in [5, 5.41) is 3.02. The third-order valence-electron chi connectivity index (χ3n) is 5.88. The fourth-order valence-corrected chi connectivity index (χ4v) is 5.57. The highest BCUT2D eigenvalue weighted by atomic mass is 35.5. The van der Waals surface area contributed by atoms with Crippen LogP contribution in [0.2, 0.25) is 5.02 Å². The van der Waals surface area contributed by atoms with E-state index in [9.17, 15) is 9.59 Å². The number of methoxy groups -OCH3 is 4. The molecule has 8 nitrogen and oxygen atoms in total. The SMILES string of the molecule is COc1ccc(Cl)cc1NC(=O)CN1C(=O)C[C@@H](c2cc(OC)c(OC)c(OC)c2)Sc2ccccc21. The molecular formula is C27H27ClN2O6S. The first kappa shape index (κ1) is 26.5. The second-order valence-corrected chi connectivity index (χ2v) is 9.79. The molecule has 37 heavy (non-hydrogen) atoms. The van der Waals surface area contributed by atoms with Crippen molar-refractivity contribution in [2.45, 2.75) is 16.6 Å². The molecule has 10 heteroatoms. The molecule has 0 fully saturated rings. The Bertz CT molecular complexity index is 1290. The molecule has 2 amide bonds. The maximum atomic E-state index is 13.6. The lowest BCUT2D eigenvalue weighted by Crippen LogP contribution is -2.38. The second kappa shape index (κ2) is 11.7. The largest absolute Gasteiger partial charge is 0.495 e. The van der Waals surface area contributed by atoms with Crippen molar-refractivity contribution in [1.82, 2.24) is 0 Å². The van der Waals surface area contributed by atoms with Gasteiger partial charge in [0, 0.05) is 21.6 Å². The van der Waals surface area contributed by atoms with Gasteiger partial charge in [-0.25, -0.2) is 0 Å². The quantitative estimate of drug-likeness (QED) is 0.397. The summed E-state index contributed by atoms with van der Waals surface area (Å²) in [4.78, 5) is 29.0. The lowest BCUT2D eigenvalue weighted by atomic mass is 10.1. The highest BCUT2D eigenvalue weighted by Crippen LogP contribution is 2.49. The number of halogens is 1. The van der Waals surface area contributed by atoms with Gasteiger partial charge in [-0.1, -0.05) is 23.7 Å². The van der Waals surface area contributed by atoms with Crippen molar-refractivity contribution in [1.29, 1.82) is 0 Å². The van der Waals surface area contributed by atoms with E-state index in [4.69, 9.17) is 30.5 Å². The topological polar surface area (TPSA) is 86.3 Å². The number of carbonyl (C=O) groups excluding carboxylic acids is 2. The Kier molecular flexibility index (Phi) is 8.35. The van der Waals surface area contributed by atoms with Crippen LogP contribution in [-0.4, -0.2) is 46.8 Å². The zero-order valence-electron chi connectivity index (χ0n) is 20.9. The number of nitrogens with one attached hydrogen (secondary N) is 1. The average molecular weight is 543 g/mol. The zero-order chi connectivity index (χ0) is 26.5. The minimum atomic E-state index is -0.375. The predicted molar refractivity (Wildman–Crippen MR) is 145 cm³/mol. The first-order valence-electron chi connectivity index (χ1n) is 11.4. The van der Waals surface area contributed by atoms with E-state index in [0.29, 0.717) is 39.4 Å². The Morgan fingerprint density at radius 3 is 2.30 bits per heavy atom. The number of carbonyl (C=O) groups is 2. The molecule has 3 aromatic rings. The number of para-hydroxylation sites is 1. The van der Waals surface area contributed by atoms with Crippen LogP contribution in [-0.2, 0) is 9.59 Å². The molecule has 0 radical (unpaired) electrons. The van der Waals surface area contributed by atoms with Crippen LogP contribution < -0.4 is 29.2 Å². The van der Waals surface area contributed by atoms with Crippen LogP contribution in [0.3, 0.4) is 0 Å². The van der Waals surface area contributed by atoms with Crippen molar-refractivity contribution in [3.05, 3.63) is 65.2 Å². The summed E-state index contributed by atoms with van der Waals surface area (Å²) >= 11 is 7.64. The van der Waals surface area contributed by atoms with Crippen molar-refractivity contribution in [3.8, 4) is 23.0 Å². The predicted octanol–water partition coefficient (Wildman–Crippen LogP) is 5.58. The van der Waals surface area contributed by atoms with Crippen LogP contribution in [0, 0.1) is 0 Å². The molecule has 1 aliphatic heterocycles. The molecule has 0 saturated carbocycles. The van der Waals surface area contributed by atoms with Gasteiger partial charge in [0.25, 0.3) is 0 Å². The van der Waals surface area contributed by atoms with Crippen LogP contribution in [0.15, 0.2) is 59.5 Å². The van der Waals surface area contributed by atoms with Crippen LogP contribution in [0.5, 0.6) is 23.0 Å². The Balaban J connectivity index is 1.64. The Labute approximate surface area is 224 Å². The molecule has 0 bridgehead atoms. The van der Waals surface area contributed by atoms with Gasteiger partial charge in [0.2, 0.25) is 17.6 Å². The van der Waals surface area contributed by atoms with E-state index in [1.807, 2.05) is 36.4 Å². The maximum absolute atomic E-state index is 13.6. The number of benzene rings is 3. The number of amides is 2. The molecule has 4 rings (SSSR count). The molecule has 194 valence electrons. The van der Waals surface area contributed by atoms with Gasteiger partial charge in [0.15, 0.2) is 11.5 Å². The molecule has 1 N–H and O–H groups in total. The number of thioether (sulfide) groups is 1. The molecule has 3 aromatic carbocycles. The summed E-state index contributed by atoms with van der Waals surface area (Å²) in [6, 6.07) is 16.2. The third kappa shape index (κ3) is 5.73. The van der Waals surface area contributed by atoms with Gasteiger partial charge in [-0.15, -0.1) is 11.8 Å². The first-order chi connectivity index (χ1) is 17.9. The number of fused-ring (bicyclic) bond motifs is 1. The molecule has 0 aromatic heterocycles. The van der Waals surface area contributed by atoms with E-state index in [-0.39, 0.29) is 30.0 Å². The highest BCUT2D eigenvalue weighted by Gasteiger charge is 2.31. The summed E-state index contributed by atoms with van der Waals surface area (Å²) in [5.41, 5.74) is 1.94. The smallest absolute Gasteiger partial charge is 0.244 e. The minimum Gasteiger partial charge on any atom is -0.495 e. The fourth-order valence-electron chi connectivity index (χ4n) is 4.14. The fraction of sp³-hybridized carbons (Fsp3) is 0.259. The molecule has 1 heterocycles. The van der Waals surface area contributed by atoms with Crippen molar-refractivity contribution >= 4 is 46.6 Å². The van der Waals surface area contributed by atoms with Gasteiger partial charge < -0.3 is 29.2 Å². The van der Waals surface area contributed by atoms with E-state index in [1.165, 1.54) is 12.0 Å². The monoisotopic (exact) mass is 542 g/mol. The lowest BCUT2D eigenvalue weighted by molar-refractivity contribution is -0.121. The van der Waals surface area contributed by atoms with Crippen LogP contribution >= 0.6 is 23.4 Å². The molecule has 0 aliphatic carbocycles. The highest BCUT2D eigenvalue weighted by molar-refractivity contribution is 7.99. The standard InChI is InChI=1S/C27H27ClN2O6S/c1-33-20-10-9-17(28)13-18(20)29-25(31)15-30-19-7-5-6-8-23(19)37-24(14-26(30)32)16-11-21(34-2)27(36-4)22(12-16)35-3/h5-13,24H,14-15H2,1-4H3,(H,29,31)/t24-/m0/s1. The molecule has 0 unspecified atom stereocenters. The van der Waals surface area contributed by atoms with Gasteiger partial charge in [-0.2, -0.15) is 0 Å². The minimum absolute atomic E-state index is 0.158. The van der Waals surface area contributed by atoms with Crippen molar-refractivity contribution in [2.75, 3.05) is 45.2 Å². The van der Waals surface area contributed by atoms with Crippen molar-refractivity contribution in [2.24, 2.45) is 0 Å². The normalized spacial score (nSPS) is 14.9. The number of nitrogens with zero attached hydrogens (tertiary/aromatic N) is 1. The van der Waals surface area contributed by atoms with Crippen LogP contribution in [0.25, 0.3) is 0 Å². The summed E-state index contributed by atoms with van der Waals surface area (Å²) in [5.74, 6) is 1.40. The zero-order valence-corrected chi connectivity index (χ0v) is 22.4. The first-order valence-corrected chi connectivity index (χ1v) is 12.6. The molecular weight excluding hydrogens is 516 g/mol. The second-order valence-electron chi connectivity index (χ2n) is 8.11. The Hall–Kier alpha value is -3.56. The number of hydrogen-bond acceptors (Lipinski definition) is 7. The van der Waals surface area contributed by atoms with Crippen molar-refractivity contribution < 1.29 is 28.5 Å². The van der Waals surface area contributed by atoms with E-state index >= 15 is 0 Å². The van der Waals surface area contributed by atoms with Gasteiger partial charge >= 0.3 is 0 Å². The van der Waals surface area contributed by atoms with Crippen LogP contribution in [0.1, 0.15) is 17.2 Å². The van der Waals surface area contributed by atoms with Gasteiger partial charge in [0.05, 0.1) is 39.8 Å². The van der Waals surface area contributed by atoms with Gasteiger partial charge in [0.1, 0.15) is 12.3 Å². The van der Waals surface area contributed by atoms with E-state index < -0.39 is 0 Å². The Morgan fingerprint density at radius 2 is 1.65 bits per heavy atom. The van der Waals surface area contributed by atoms with Gasteiger partial charge in [-0.3, -0.25) is 9.59 Å². The number of ether oxygens (including phenoxy) is 4. The lowest BCUT2D eigenvalue weighted by Gasteiger charge is -2.22. The van der Waals surface area contributed by atoms with E-state index in [2.05, 4.69) is 5.32 Å². The maximum Gasteiger partial charge on any atom is 0.244 e. The number of hydrogen-bond donors (Lipinski definition) is 1. The molecule has 0 saturated heterocycles. The average Bonchev–Trinajstić information content (AvgIpc) is 3.04. The summed E-state index contributed by atoms with van der Waals surface area (Å²) < 4.78 is 21.8. The molecule has 1 aliphatic rings. The number of rotatable bonds is 8. The van der Waals surface area contributed by atoms with Crippen molar-refractivity contribution in [3.63, 3.8) is 0 Å². The summed E-state index contributed by atoms with van der Waals surface area (Å²) in [7, 11) is 6.16. The third-order valence-corrected chi connectivity index (χ3v) is 7.44. The van der Waals surface area contributed by atoms with E-state index in [1.54, 1.807) is 51.3 Å². The van der Waals surface area contributed by atoms with E-state index in [0.717, 1.165) is 10.5 Å². The Morgan fingerprint density at radius 1 is 0.973 bits per heavy atom. The summed E-state index contributed by atoms with van der Waals surface area (Å²) in [6.07, 6.45) is 0.158. The molecule has 0 spiro atoms. The van der Waals surface area contributed by atoms with Crippen LogP contribution in [0.4, 0.5) is 11.4 Å². The van der Waals surface area contributed by atoms with Gasteiger partial charge in [-0.05, 0) is 48.0 Å². The summed E-state index contributed by atoms with van der Waals surface area (Å²) in [6.45, 7) is -0.173. The molecule has 1 atom stereocenters.